The Morgan fingerprint density at radius 1 is 1.41 bits per heavy atom. The maximum atomic E-state index is 12.1. The summed E-state index contributed by atoms with van der Waals surface area (Å²) < 4.78 is 7.51. The third-order valence-corrected chi connectivity index (χ3v) is 4.08. The Balaban J connectivity index is 2.26. The van der Waals surface area contributed by atoms with Crippen molar-refractivity contribution in [3.05, 3.63) is 52.5 Å². The van der Waals surface area contributed by atoms with E-state index in [2.05, 4.69) is 4.98 Å². The van der Waals surface area contributed by atoms with Gasteiger partial charge in [-0.1, -0.05) is 43.1 Å². The molecule has 0 amide bonds. The van der Waals surface area contributed by atoms with Crippen molar-refractivity contribution in [2.45, 2.75) is 32.9 Å². The quantitative estimate of drug-likeness (QED) is 0.726. The molecule has 0 aliphatic carbocycles. The molecule has 0 bridgehead atoms. The average molecular weight is 341 g/mol. The Morgan fingerprint density at radius 3 is 2.77 bits per heavy atom. The highest BCUT2D eigenvalue weighted by Gasteiger charge is 2.22. The second kappa shape index (κ2) is 7.65. The van der Waals surface area contributed by atoms with Crippen molar-refractivity contribution in [1.29, 1.82) is 0 Å². The Morgan fingerprint density at radius 2 is 2.18 bits per heavy atom. The Labute approximate surface area is 140 Å². The maximum absolute atomic E-state index is 12.1. The number of carbonyl (C=O) groups is 1. The molecule has 0 spiro atoms. The fourth-order valence-corrected chi connectivity index (χ4v) is 2.50. The minimum Gasteiger partial charge on any atom is -0.455 e. The van der Waals surface area contributed by atoms with Gasteiger partial charge in [-0.3, -0.25) is 4.79 Å². The highest BCUT2D eigenvalue weighted by Crippen LogP contribution is 2.30. The SMILES string of the molecule is CCC(C)C(=O)OC(Cn1ccnc1)c1ccc(Cl)cc1Cl. The minimum atomic E-state index is -0.486. The molecular formula is C16H18Cl2N2O2. The van der Waals surface area contributed by atoms with Crippen LogP contribution in [0.25, 0.3) is 0 Å². The van der Waals surface area contributed by atoms with Gasteiger partial charge in [0.2, 0.25) is 0 Å². The van der Waals surface area contributed by atoms with E-state index < -0.39 is 6.10 Å². The molecule has 0 radical (unpaired) electrons. The first-order chi connectivity index (χ1) is 10.5. The molecule has 22 heavy (non-hydrogen) atoms. The first-order valence-corrected chi connectivity index (χ1v) is 7.88. The zero-order valence-electron chi connectivity index (χ0n) is 12.5. The van der Waals surface area contributed by atoms with Crippen LogP contribution in [0.4, 0.5) is 0 Å². The van der Waals surface area contributed by atoms with Crippen molar-refractivity contribution in [3.8, 4) is 0 Å². The summed E-state index contributed by atoms with van der Waals surface area (Å²) in [6.45, 7) is 4.25. The first-order valence-electron chi connectivity index (χ1n) is 7.12. The second-order valence-corrected chi connectivity index (χ2v) is 6.00. The number of carbonyl (C=O) groups excluding carboxylic acids is 1. The van der Waals surface area contributed by atoms with Gasteiger partial charge in [-0.05, 0) is 18.6 Å². The third kappa shape index (κ3) is 4.24. The van der Waals surface area contributed by atoms with E-state index in [1.807, 2.05) is 24.6 Å². The number of halogens is 2. The van der Waals surface area contributed by atoms with Crippen LogP contribution in [0.3, 0.4) is 0 Å². The summed E-state index contributed by atoms with van der Waals surface area (Å²) in [5, 5.41) is 1.03. The summed E-state index contributed by atoms with van der Waals surface area (Å²) in [6.07, 6.45) is 5.41. The van der Waals surface area contributed by atoms with Crippen LogP contribution >= 0.6 is 23.2 Å². The van der Waals surface area contributed by atoms with E-state index in [4.69, 9.17) is 27.9 Å². The topological polar surface area (TPSA) is 44.1 Å². The van der Waals surface area contributed by atoms with Crippen LogP contribution in [0.2, 0.25) is 10.0 Å². The number of ether oxygens (including phenoxy) is 1. The van der Waals surface area contributed by atoms with E-state index >= 15 is 0 Å². The Kier molecular flexibility index (Phi) is 5.86. The van der Waals surface area contributed by atoms with Crippen LogP contribution in [-0.4, -0.2) is 15.5 Å². The zero-order chi connectivity index (χ0) is 16.1. The lowest BCUT2D eigenvalue weighted by Crippen LogP contribution is -2.21. The monoisotopic (exact) mass is 340 g/mol. The predicted octanol–water partition coefficient (Wildman–Crippen LogP) is 4.52. The van der Waals surface area contributed by atoms with Crippen molar-refractivity contribution >= 4 is 29.2 Å². The number of imidazole rings is 1. The summed E-state index contributed by atoms with van der Waals surface area (Å²) in [6, 6.07) is 5.17. The molecule has 0 fully saturated rings. The van der Waals surface area contributed by atoms with Crippen LogP contribution in [0.5, 0.6) is 0 Å². The highest BCUT2D eigenvalue weighted by atomic mass is 35.5. The van der Waals surface area contributed by atoms with Gasteiger partial charge in [-0.15, -0.1) is 0 Å². The minimum absolute atomic E-state index is 0.156. The van der Waals surface area contributed by atoms with Gasteiger partial charge in [0.15, 0.2) is 0 Å². The summed E-state index contributed by atoms with van der Waals surface area (Å²) in [5.41, 5.74) is 0.733. The molecule has 2 unspecified atom stereocenters. The number of esters is 1. The van der Waals surface area contributed by atoms with Crippen molar-refractivity contribution < 1.29 is 9.53 Å². The number of nitrogens with zero attached hydrogens (tertiary/aromatic N) is 2. The summed E-state index contributed by atoms with van der Waals surface area (Å²) >= 11 is 12.2. The van der Waals surface area contributed by atoms with Crippen molar-refractivity contribution in [3.63, 3.8) is 0 Å². The van der Waals surface area contributed by atoms with E-state index in [0.29, 0.717) is 16.6 Å². The standard InChI is InChI=1S/C16H18Cl2N2O2/c1-3-11(2)16(21)22-15(9-20-7-6-19-10-20)13-5-4-12(17)8-14(13)18/h4-8,10-11,15H,3,9H2,1-2H3. The van der Waals surface area contributed by atoms with E-state index in [-0.39, 0.29) is 11.9 Å². The first kappa shape index (κ1) is 16.8. The van der Waals surface area contributed by atoms with Crippen molar-refractivity contribution in [2.75, 3.05) is 0 Å². The van der Waals surface area contributed by atoms with Gasteiger partial charge in [0.1, 0.15) is 6.10 Å². The fourth-order valence-electron chi connectivity index (χ4n) is 1.97. The number of hydrogen-bond acceptors (Lipinski definition) is 3. The van der Waals surface area contributed by atoms with Gasteiger partial charge < -0.3 is 9.30 Å². The lowest BCUT2D eigenvalue weighted by Gasteiger charge is -2.21. The molecule has 2 rings (SSSR count). The van der Waals surface area contributed by atoms with Crippen LogP contribution in [0, 0.1) is 5.92 Å². The summed E-state index contributed by atoms with van der Waals surface area (Å²) in [4.78, 5) is 16.2. The largest absolute Gasteiger partial charge is 0.455 e. The molecule has 0 saturated heterocycles. The smallest absolute Gasteiger partial charge is 0.309 e. The number of benzene rings is 1. The molecule has 1 aromatic heterocycles. The molecule has 4 nitrogen and oxygen atoms in total. The second-order valence-electron chi connectivity index (χ2n) is 5.16. The number of hydrogen-bond donors (Lipinski definition) is 0. The van der Waals surface area contributed by atoms with E-state index in [0.717, 1.165) is 12.0 Å². The van der Waals surface area contributed by atoms with Crippen LogP contribution < -0.4 is 0 Å². The number of aromatic nitrogens is 2. The van der Waals surface area contributed by atoms with Crippen molar-refractivity contribution in [2.24, 2.45) is 5.92 Å². The lowest BCUT2D eigenvalue weighted by atomic mass is 10.1. The molecule has 6 heteroatoms. The Bertz CT molecular complexity index is 629. The predicted molar refractivity (Wildman–Crippen MR) is 87.0 cm³/mol. The molecule has 2 aromatic rings. The van der Waals surface area contributed by atoms with Crippen LogP contribution in [0.15, 0.2) is 36.9 Å². The molecule has 118 valence electrons. The van der Waals surface area contributed by atoms with Gasteiger partial charge in [0, 0.05) is 28.0 Å². The van der Waals surface area contributed by atoms with Gasteiger partial charge in [-0.25, -0.2) is 4.98 Å². The molecule has 1 heterocycles. The van der Waals surface area contributed by atoms with Crippen molar-refractivity contribution in [1.82, 2.24) is 9.55 Å². The normalized spacial score (nSPS) is 13.6. The summed E-state index contributed by atoms with van der Waals surface area (Å²) in [7, 11) is 0. The fraction of sp³-hybridized carbons (Fsp3) is 0.375. The zero-order valence-corrected chi connectivity index (χ0v) is 14.0. The van der Waals surface area contributed by atoms with Gasteiger partial charge in [0.05, 0.1) is 18.8 Å². The third-order valence-electron chi connectivity index (χ3n) is 3.52. The molecule has 2 atom stereocenters. The van der Waals surface area contributed by atoms with Gasteiger partial charge in [0.25, 0.3) is 0 Å². The maximum Gasteiger partial charge on any atom is 0.309 e. The van der Waals surface area contributed by atoms with Crippen LogP contribution in [0.1, 0.15) is 31.9 Å². The van der Waals surface area contributed by atoms with Gasteiger partial charge in [-0.2, -0.15) is 0 Å². The summed E-state index contributed by atoms with van der Waals surface area (Å²) in [5.74, 6) is -0.394. The van der Waals surface area contributed by atoms with E-state index in [1.165, 1.54) is 0 Å². The molecule has 0 saturated carbocycles. The highest BCUT2D eigenvalue weighted by molar-refractivity contribution is 6.35. The molecular weight excluding hydrogens is 323 g/mol. The van der Waals surface area contributed by atoms with Gasteiger partial charge >= 0.3 is 5.97 Å². The molecule has 1 aromatic carbocycles. The molecule has 0 N–H and O–H groups in total. The van der Waals surface area contributed by atoms with E-state index in [9.17, 15) is 4.79 Å². The molecule has 0 aliphatic rings. The van der Waals surface area contributed by atoms with Crippen LogP contribution in [-0.2, 0) is 16.1 Å². The van der Waals surface area contributed by atoms with E-state index in [1.54, 1.807) is 30.7 Å². The Hall–Kier alpha value is -1.52. The molecule has 0 aliphatic heterocycles. The average Bonchev–Trinajstić information content (AvgIpc) is 2.98. The number of rotatable bonds is 6. The lowest BCUT2D eigenvalue weighted by molar-refractivity contribution is -0.154.